The SMILES string of the molecule is Cc1ccc(S(=O)(=O)N/N=C2/C=C3C[C@@H](O[Si](C)(C)C(C)(C)C)CC[C@]3(C)[C@H]3CC[C@]4(C)[C@@H]([C@H](C)CCC[C@H](C)COC(=O)C(C)(C)C)CC[C@H]4[C@H]23)cc1. The van der Waals surface area contributed by atoms with Gasteiger partial charge in [0.1, 0.15) is 0 Å². The monoisotopic (exact) mass is 783 g/mol. The maximum absolute atomic E-state index is 13.6. The highest BCUT2D eigenvalue weighted by atomic mass is 32.2. The first kappa shape index (κ1) is 43.2. The Morgan fingerprint density at radius 3 is 2.26 bits per heavy atom. The van der Waals surface area contributed by atoms with Gasteiger partial charge in [-0.3, -0.25) is 4.79 Å². The van der Waals surface area contributed by atoms with Crippen molar-refractivity contribution in [2.45, 2.75) is 170 Å². The van der Waals surface area contributed by atoms with Crippen molar-refractivity contribution in [1.82, 2.24) is 4.83 Å². The van der Waals surface area contributed by atoms with Crippen LogP contribution >= 0.6 is 0 Å². The fourth-order valence-corrected chi connectivity index (χ4v) is 12.8. The topological polar surface area (TPSA) is 94.1 Å². The van der Waals surface area contributed by atoms with E-state index < -0.39 is 23.8 Å². The van der Waals surface area contributed by atoms with E-state index in [9.17, 15) is 13.2 Å². The van der Waals surface area contributed by atoms with E-state index in [-0.39, 0.29) is 38.8 Å². The minimum absolute atomic E-state index is 0.0599. The van der Waals surface area contributed by atoms with Crippen LogP contribution < -0.4 is 4.83 Å². The van der Waals surface area contributed by atoms with E-state index in [4.69, 9.17) is 14.3 Å². The molecule has 9 atom stereocenters. The number of esters is 1. The lowest BCUT2D eigenvalue weighted by molar-refractivity contribution is -0.154. The number of nitrogens with one attached hydrogen (secondary N) is 1. The third kappa shape index (κ3) is 8.93. The highest BCUT2D eigenvalue weighted by Gasteiger charge is 2.61. The second kappa shape index (κ2) is 15.8. The van der Waals surface area contributed by atoms with E-state index in [1.165, 1.54) is 24.8 Å². The number of carbonyl (C=O) groups excluding carboxylic acids is 1. The number of fused-ring (bicyclic) bond motifs is 5. The van der Waals surface area contributed by atoms with E-state index in [0.717, 1.165) is 56.2 Å². The molecule has 1 aromatic rings. The molecule has 0 bridgehead atoms. The molecule has 0 aliphatic heterocycles. The Kier molecular flexibility index (Phi) is 12.6. The van der Waals surface area contributed by atoms with Gasteiger partial charge >= 0.3 is 5.97 Å². The summed E-state index contributed by atoms with van der Waals surface area (Å²) in [5.41, 5.74) is 3.12. The number of rotatable bonds is 12. The molecule has 0 aromatic heterocycles. The van der Waals surface area contributed by atoms with Gasteiger partial charge in [-0.2, -0.15) is 18.4 Å². The maximum Gasteiger partial charge on any atom is 0.311 e. The van der Waals surface area contributed by atoms with Crippen molar-refractivity contribution in [3.63, 3.8) is 0 Å². The third-order valence-corrected chi connectivity index (χ3v) is 20.8. The van der Waals surface area contributed by atoms with E-state index >= 15 is 0 Å². The zero-order valence-electron chi connectivity index (χ0n) is 36.1. The van der Waals surface area contributed by atoms with E-state index in [1.54, 1.807) is 12.1 Å². The summed E-state index contributed by atoms with van der Waals surface area (Å²) in [5.74, 6) is 2.53. The Bertz CT molecular complexity index is 1670. The first-order valence-electron chi connectivity index (χ1n) is 21.1. The first-order chi connectivity index (χ1) is 24.9. The van der Waals surface area contributed by atoms with Crippen LogP contribution in [0.3, 0.4) is 0 Å². The fraction of sp³-hybridized carbons (Fsp3) is 0.778. The molecule has 7 nitrogen and oxygen atoms in total. The lowest BCUT2D eigenvalue weighted by Gasteiger charge is -2.59. The van der Waals surface area contributed by atoms with Crippen LogP contribution in [0.4, 0.5) is 0 Å². The highest BCUT2D eigenvalue weighted by Crippen LogP contribution is 2.67. The molecule has 54 heavy (non-hydrogen) atoms. The van der Waals surface area contributed by atoms with Crippen LogP contribution in [0.25, 0.3) is 0 Å². The molecule has 3 fully saturated rings. The molecule has 5 rings (SSSR count). The van der Waals surface area contributed by atoms with E-state index in [0.29, 0.717) is 36.2 Å². The highest BCUT2D eigenvalue weighted by molar-refractivity contribution is 7.89. The number of ether oxygens (including phenoxy) is 1. The summed E-state index contributed by atoms with van der Waals surface area (Å²) in [7, 11) is -5.77. The number of benzene rings is 1. The van der Waals surface area contributed by atoms with Crippen molar-refractivity contribution >= 4 is 30.0 Å². The second-order valence-electron chi connectivity index (χ2n) is 21.1. The number of hydrazone groups is 1. The number of carbonyl (C=O) groups is 1. The van der Waals surface area contributed by atoms with Crippen LogP contribution in [0, 0.1) is 58.7 Å². The molecule has 4 aliphatic rings. The lowest BCUT2D eigenvalue weighted by atomic mass is 9.46. The Hall–Kier alpha value is -1.97. The minimum Gasteiger partial charge on any atom is -0.465 e. The predicted octanol–water partition coefficient (Wildman–Crippen LogP) is 11.2. The van der Waals surface area contributed by atoms with Gasteiger partial charge in [-0.25, -0.2) is 0 Å². The van der Waals surface area contributed by atoms with Gasteiger partial charge in [-0.15, -0.1) is 0 Å². The van der Waals surface area contributed by atoms with Crippen LogP contribution in [0.1, 0.15) is 139 Å². The molecule has 1 N–H and O–H groups in total. The van der Waals surface area contributed by atoms with Crippen LogP contribution in [0.2, 0.25) is 18.1 Å². The molecule has 0 unspecified atom stereocenters. The van der Waals surface area contributed by atoms with Crippen LogP contribution in [0.5, 0.6) is 0 Å². The van der Waals surface area contributed by atoms with Crippen LogP contribution in [-0.4, -0.2) is 41.1 Å². The van der Waals surface area contributed by atoms with Crippen molar-refractivity contribution in [3.8, 4) is 0 Å². The molecular formula is C45H74N2O5SSi. The number of aryl methyl sites for hydroxylation is 1. The Labute approximate surface area is 330 Å². The van der Waals surface area contributed by atoms with Gasteiger partial charge in [-0.1, -0.05) is 84.6 Å². The predicted molar refractivity (Wildman–Crippen MR) is 224 cm³/mol. The molecular weight excluding hydrogens is 709 g/mol. The van der Waals surface area contributed by atoms with Crippen molar-refractivity contribution in [2.24, 2.45) is 56.9 Å². The average Bonchev–Trinajstić information content (AvgIpc) is 3.42. The van der Waals surface area contributed by atoms with Gasteiger partial charge in [0.25, 0.3) is 10.0 Å². The van der Waals surface area contributed by atoms with E-state index in [2.05, 4.69) is 72.5 Å². The largest absolute Gasteiger partial charge is 0.465 e. The van der Waals surface area contributed by atoms with Gasteiger partial charge in [0.05, 0.1) is 22.6 Å². The second-order valence-corrected chi connectivity index (χ2v) is 27.5. The van der Waals surface area contributed by atoms with Gasteiger partial charge in [-0.05, 0) is 156 Å². The number of nitrogens with zero attached hydrogens (tertiary/aromatic N) is 1. The summed E-state index contributed by atoms with van der Waals surface area (Å²) < 4.78 is 39.9. The summed E-state index contributed by atoms with van der Waals surface area (Å²) in [6.07, 6.45) is 13.7. The van der Waals surface area contributed by atoms with Crippen LogP contribution in [0.15, 0.2) is 45.9 Å². The standard InChI is InChI=1S/C45H74N2O5SSi/c1-30-17-19-35(20-18-30)53(49,50)47-46-39-28-33-27-34(52-54(12,13)43(7,8)9)23-25-44(33,10)38-24-26-45(11)36(21-22-37(45)40(38)39)32(3)16-14-15-31(2)29-51-41(48)42(4,5)6/h17-20,28,31-32,34,36-38,40,47H,14-16,21-27,29H2,1-13H3/b46-39-/t31-,32+,34-,36+,37-,38-,40-,44-,45+/m0/s1. The van der Waals surface area contributed by atoms with Gasteiger partial charge < -0.3 is 9.16 Å². The van der Waals surface area contributed by atoms with Crippen molar-refractivity contribution < 1.29 is 22.4 Å². The number of hydrogen-bond acceptors (Lipinski definition) is 6. The number of hydrogen-bond donors (Lipinski definition) is 1. The minimum atomic E-state index is -3.82. The fourth-order valence-electron chi connectivity index (χ4n) is 10.6. The third-order valence-electron chi connectivity index (χ3n) is 15.0. The van der Waals surface area contributed by atoms with Crippen molar-refractivity contribution in [1.29, 1.82) is 0 Å². The molecule has 3 saturated carbocycles. The number of sulfonamides is 1. The first-order valence-corrected chi connectivity index (χ1v) is 25.5. The Morgan fingerprint density at radius 1 is 0.963 bits per heavy atom. The molecule has 0 spiro atoms. The van der Waals surface area contributed by atoms with Crippen molar-refractivity contribution in [2.75, 3.05) is 6.61 Å². The molecule has 0 amide bonds. The molecule has 304 valence electrons. The molecule has 9 heteroatoms. The zero-order chi connectivity index (χ0) is 40.1. The Morgan fingerprint density at radius 2 is 1.63 bits per heavy atom. The summed E-state index contributed by atoms with van der Waals surface area (Å²) in [6.45, 7) is 29.5. The molecule has 1 aromatic carbocycles. The van der Waals surface area contributed by atoms with E-state index in [1.807, 2.05) is 39.8 Å². The average molecular weight is 783 g/mol. The smallest absolute Gasteiger partial charge is 0.311 e. The quantitative estimate of drug-likeness (QED) is 0.129. The maximum atomic E-state index is 13.6. The summed E-state index contributed by atoms with van der Waals surface area (Å²) >= 11 is 0. The van der Waals surface area contributed by atoms with Gasteiger partial charge in [0, 0.05) is 12.0 Å². The molecule has 0 radical (unpaired) electrons. The van der Waals surface area contributed by atoms with Gasteiger partial charge in [0.2, 0.25) is 0 Å². The normalized spacial score (nSPS) is 32.2. The summed E-state index contributed by atoms with van der Waals surface area (Å²) in [5, 5.41) is 5.05. The van der Waals surface area contributed by atoms with Crippen molar-refractivity contribution in [3.05, 3.63) is 41.5 Å². The Balaban J connectivity index is 1.38. The van der Waals surface area contributed by atoms with Crippen LogP contribution in [-0.2, 0) is 24.0 Å². The number of allylic oxidation sites excluding steroid dienone is 1. The molecule has 4 aliphatic carbocycles. The zero-order valence-corrected chi connectivity index (χ0v) is 37.9. The summed E-state index contributed by atoms with van der Waals surface area (Å²) in [6, 6.07) is 7.01. The molecule has 0 heterocycles. The summed E-state index contributed by atoms with van der Waals surface area (Å²) in [4.78, 5) is 15.3. The molecule has 0 saturated heterocycles. The van der Waals surface area contributed by atoms with Gasteiger partial charge in [0.15, 0.2) is 8.32 Å². The lowest BCUT2D eigenvalue weighted by Crippen LogP contribution is -2.54.